The first-order chi connectivity index (χ1) is 22.1. The molecule has 2 amide bonds. The highest BCUT2D eigenvalue weighted by molar-refractivity contribution is 9.10. The molecule has 0 spiro atoms. The molecule has 1 saturated carbocycles. The molecule has 5 rings (SSSR count). The van der Waals surface area contributed by atoms with E-state index in [1.165, 1.54) is 29.2 Å². The molecular weight excluding hydrogens is 686 g/mol. The van der Waals surface area contributed by atoms with E-state index in [0.29, 0.717) is 10.7 Å². The number of benzene rings is 4. The Kier molecular flexibility index (Phi) is 11.2. The van der Waals surface area contributed by atoms with E-state index in [-0.39, 0.29) is 29.8 Å². The van der Waals surface area contributed by atoms with Gasteiger partial charge in [0, 0.05) is 28.5 Å². The number of anilines is 1. The zero-order chi connectivity index (χ0) is 32.7. The Bertz CT molecular complexity index is 1760. The van der Waals surface area contributed by atoms with E-state index in [2.05, 4.69) is 21.2 Å². The highest BCUT2D eigenvalue weighted by atomic mass is 79.9. The lowest BCUT2D eigenvalue weighted by Gasteiger charge is -2.34. The zero-order valence-electron chi connectivity index (χ0n) is 25.6. The molecule has 10 heteroatoms. The monoisotopic (exact) mass is 721 g/mol. The van der Waals surface area contributed by atoms with Crippen LogP contribution >= 0.6 is 27.5 Å². The number of hydrogen-bond acceptors (Lipinski definition) is 4. The molecule has 7 nitrogen and oxygen atoms in total. The third kappa shape index (κ3) is 8.57. The highest BCUT2D eigenvalue weighted by Crippen LogP contribution is 2.27. The van der Waals surface area contributed by atoms with Crippen LogP contribution in [0.3, 0.4) is 0 Å². The summed E-state index contributed by atoms with van der Waals surface area (Å²) < 4.78 is 30.3. The van der Waals surface area contributed by atoms with Crippen LogP contribution in [0.1, 0.15) is 42.4 Å². The van der Waals surface area contributed by atoms with E-state index in [1.807, 2.05) is 67.6 Å². The van der Waals surface area contributed by atoms with Gasteiger partial charge in [0.2, 0.25) is 11.8 Å². The second-order valence-electron chi connectivity index (χ2n) is 11.7. The maximum Gasteiger partial charge on any atom is 0.264 e. The fraction of sp³-hybridized carbons (Fsp3) is 0.278. The number of aryl methyl sites for hydroxylation is 1. The minimum absolute atomic E-state index is 0.00422. The molecule has 1 atom stereocenters. The van der Waals surface area contributed by atoms with E-state index in [0.717, 1.165) is 51.2 Å². The molecule has 0 aromatic heterocycles. The molecule has 0 heterocycles. The van der Waals surface area contributed by atoms with Crippen molar-refractivity contribution in [1.29, 1.82) is 0 Å². The van der Waals surface area contributed by atoms with Crippen molar-refractivity contribution in [2.45, 2.75) is 62.6 Å². The summed E-state index contributed by atoms with van der Waals surface area (Å²) in [5, 5.41) is 3.60. The van der Waals surface area contributed by atoms with E-state index in [9.17, 15) is 18.0 Å². The van der Waals surface area contributed by atoms with Crippen LogP contribution in [0, 0.1) is 6.92 Å². The quantitative estimate of drug-likeness (QED) is 0.166. The number of nitrogens with zero attached hydrogens (tertiary/aromatic N) is 2. The van der Waals surface area contributed by atoms with Crippen molar-refractivity contribution in [2.24, 2.45) is 0 Å². The van der Waals surface area contributed by atoms with Gasteiger partial charge in [0.25, 0.3) is 10.0 Å². The molecule has 0 radical (unpaired) electrons. The number of rotatable bonds is 12. The molecule has 0 saturated heterocycles. The van der Waals surface area contributed by atoms with Crippen molar-refractivity contribution in [2.75, 3.05) is 10.8 Å². The molecule has 46 heavy (non-hydrogen) atoms. The van der Waals surface area contributed by atoms with Crippen LogP contribution in [-0.4, -0.2) is 43.8 Å². The zero-order valence-corrected chi connectivity index (χ0v) is 28.8. The first kappa shape index (κ1) is 33.7. The Morgan fingerprint density at radius 2 is 1.57 bits per heavy atom. The number of amides is 2. The molecule has 4 aromatic rings. The van der Waals surface area contributed by atoms with E-state index in [4.69, 9.17) is 11.6 Å². The summed E-state index contributed by atoms with van der Waals surface area (Å²) in [7, 11) is -4.20. The van der Waals surface area contributed by atoms with E-state index in [1.54, 1.807) is 18.2 Å². The second-order valence-corrected chi connectivity index (χ2v) is 14.9. The van der Waals surface area contributed by atoms with Crippen molar-refractivity contribution in [3.05, 3.63) is 129 Å². The van der Waals surface area contributed by atoms with Crippen molar-refractivity contribution >= 4 is 55.1 Å². The first-order valence-electron chi connectivity index (χ1n) is 15.3. The van der Waals surface area contributed by atoms with Gasteiger partial charge in [-0.25, -0.2) is 8.42 Å². The van der Waals surface area contributed by atoms with Crippen LogP contribution < -0.4 is 9.62 Å². The number of carbonyl (C=O) groups excluding carboxylic acids is 2. The Hall–Kier alpha value is -3.66. The van der Waals surface area contributed by atoms with Gasteiger partial charge in [-0.15, -0.1) is 0 Å². The van der Waals surface area contributed by atoms with Crippen molar-refractivity contribution < 1.29 is 18.0 Å². The molecule has 0 bridgehead atoms. The van der Waals surface area contributed by atoms with Crippen molar-refractivity contribution in [3.63, 3.8) is 0 Å². The Balaban J connectivity index is 1.57. The van der Waals surface area contributed by atoms with Crippen molar-refractivity contribution in [3.8, 4) is 0 Å². The van der Waals surface area contributed by atoms with Crippen molar-refractivity contribution in [1.82, 2.24) is 10.2 Å². The molecule has 4 aromatic carbocycles. The van der Waals surface area contributed by atoms with Gasteiger partial charge < -0.3 is 10.2 Å². The average molecular weight is 723 g/mol. The van der Waals surface area contributed by atoms with Gasteiger partial charge in [0.15, 0.2) is 0 Å². The maximum absolute atomic E-state index is 14.6. The lowest BCUT2D eigenvalue weighted by atomic mass is 10.0. The van der Waals surface area contributed by atoms with Crippen LogP contribution in [0.4, 0.5) is 5.69 Å². The summed E-state index contributed by atoms with van der Waals surface area (Å²) in [5.41, 5.74) is 2.88. The Morgan fingerprint density at radius 3 is 2.24 bits per heavy atom. The van der Waals surface area contributed by atoms with Crippen LogP contribution in [0.15, 0.2) is 112 Å². The summed E-state index contributed by atoms with van der Waals surface area (Å²) in [5.74, 6) is -0.747. The summed E-state index contributed by atoms with van der Waals surface area (Å²) >= 11 is 9.60. The van der Waals surface area contributed by atoms with Gasteiger partial charge in [0.1, 0.15) is 12.6 Å². The predicted molar refractivity (Wildman–Crippen MR) is 186 cm³/mol. The van der Waals surface area contributed by atoms with Gasteiger partial charge in [-0.05, 0) is 85.0 Å². The van der Waals surface area contributed by atoms with Gasteiger partial charge in [-0.3, -0.25) is 13.9 Å². The van der Waals surface area contributed by atoms with E-state index < -0.39 is 28.5 Å². The molecule has 1 N–H and O–H groups in total. The fourth-order valence-electron chi connectivity index (χ4n) is 5.80. The van der Waals surface area contributed by atoms with Gasteiger partial charge in [-0.1, -0.05) is 95.0 Å². The molecule has 1 aliphatic rings. The molecule has 240 valence electrons. The SMILES string of the molecule is Cc1cccc(N(CC(=O)N(Cc2cccc(Br)c2)[C@@H](Cc2ccccc2)C(=O)NC2CCCC2)S(=O)(=O)c2ccc(Cl)cc2)c1. The summed E-state index contributed by atoms with van der Waals surface area (Å²) in [6.07, 6.45) is 4.15. The normalized spacial score (nSPS) is 14.1. The summed E-state index contributed by atoms with van der Waals surface area (Å²) in [6.45, 7) is 1.46. The minimum Gasteiger partial charge on any atom is -0.352 e. The molecule has 1 fully saturated rings. The van der Waals surface area contributed by atoms with E-state index >= 15 is 0 Å². The number of sulfonamides is 1. The average Bonchev–Trinajstić information content (AvgIpc) is 3.55. The molecule has 0 unspecified atom stereocenters. The van der Waals surface area contributed by atoms with Gasteiger partial charge in [0.05, 0.1) is 10.6 Å². The molecule has 0 aliphatic heterocycles. The number of hydrogen-bond donors (Lipinski definition) is 1. The Morgan fingerprint density at radius 1 is 0.891 bits per heavy atom. The third-order valence-electron chi connectivity index (χ3n) is 8.18. The molecule has 1 aliphatic carbocycles. The highest BCUT2D eigenvalue weighted by Gasteiger charge is 2.35. The largest absolute Gasteiger partial charge is 0.352 e. The number of carbonyl (C=O) groups is 2. The van der Waals surface area contributed by atoms with Crippen LogP contribution in [0.25, 0.3) is 0 Å². The lowest BCUT2D eigenvalue weighted by Crippen LogP contribution is -2.54. The smallest absolute Gasteiger partial charge is 0.264 e. The minimum atomic E-state index is -4.20. The maximum atomic E-state index is 14.6. The van der Waals surface area contributed by atoms with Crippen LogP contribution in [0.2, 0.25) is 5.02 Å². The second kappa shape index (κ2) is 15.3. The predicted octanol–water partition coefficient (Wildman–Crippen LogP) is 7.31. The fourth-order valence-corrected chi connectivity index (χ4v) is 7.78. The summed E-state index contributed by atoms with van der Waals surface area (Å²) in [6, 6.07) is 29.2. The molecular formula is C36H37BrClN3O4S. The first-order valence-corrected chi connectivity index (χ1v) is 17.9. The van der Waals surface area contributed by atoms with Gasteiger partial charge >= 0.3 is 0 Å². The topological polar surface area (TPSA) is 86.8 Å². The van der Waals surface area contributed by atoms with Crippen LogP contribution in [0.5, 0.6) is 0 Å². The van der Waals surface area contributed by atoms with Crippen LogP contribution in [-0.2, 0) is 32.6 Å². The number of nitrogens with one attached hydrogen (secondary N) is 1. The summed E-state index contributed by atoms with van der Waals surface area (Å²) in [4.78, 5) is 30.2. The third-order valence-corrected chi connectivity index (χ3v) is 10.7. The van der Waals surface area contributed by atoms with Gasteiger partial charge in [-0.2, -0.15) is 0 Å². The number of halogens is 2. The standard InChI is InChI=1S/C36H37BrClN3O4S/c1-26-9-7-16-32(21-26)41(46(44,45)33-19-17-30(38)18-20-33)25-35(42)40(24-28-12-8-13-29(37)22-28)34(23-27-10-3-2-4-11-27)36(43)39-31-14-5-6-15-31/h2-4,7-13,16-22,31,34H,5-6,14-15,23-25H2,1H3,(H,39,43)/t34-/m0/s1. The Labute approximate surface area is 284 Å². The lowest BCUT2D eigenvalue weighted by molar-refractivity contribution is -0.140.